The van der Waals surface area contributed by atoms with Crippen LogP contribution < -0.4 is 0 Å². The summed E-state index contributed by atoms with van der Waals surface area (Å²) in [4.78, 5) is 12.6. The van der Waals surface area contributed by atoms with Crippen LogP contribution in [0.4, 0.5) is 0 Å². The third-order valence-electron chi connectivity index (χ3n) is 7.29. The van der Waals surface area contributed by atoms with Gasteiger partial charge in [0.05, 0.1) is 31.2 Å². The lowest BCUT2D eigenvalue weighted by molar-refractivity contribution is -0.340. The molecule has 3 heterocycles. The summed E-state index contributed by atoms with van der Waals surface area (Å²) in [6.07, 6.45) is 7.06. The van der Waals surface area contributed by atoms with E-state index >= 15 is 0 Å². The maximum absolute atomic E-state index is 12.6. The minimum atomic E-state index is -1.11. The van der Waals surface area contributed by atoms with Crippen molar-refractivity contribution >= 4 is 5.97 Å². The number of hydrogen-bond donors (Lipinski definition) is 1. The molecule has 0 amide bonds. The zero-order chi connectivity index (χ0) is 18.8. The first-order valence-electron chi connectivity index (χ1n) is 9.52. The van der Waals surface area contributed by atoms with Gasteiger partial charge in [-0.3, -0.25) is 0 Å². The van der Waals surface area contributed by atoms with Crippen molar-refractivity contribution in [3.63, 3.8) is 0 Å². The van der Waals surface area contributed by atoms with Crippen LogP contribution >= 0.6 is 0 Å². The van der Waals surface area contributed by atoms with E-state index in [-0.39, 0.29) is 18.0 Å². The molecule has 2 aliphatic heterocycles. The predicted molar refractivity (Wildman–Crippen MR) is 94.1 cm³/mol. The van der Waals surface area contributed by atoms with Crippen molar-refractivity contribution in [2.45, 2.75) is 50.8 Å². The highest BCUT2D eigenvalue weighted by Gasteiger charge is 2.71. The average molecular weight is 372 g/mol. The van der Waals surface area contributed by atoms with Gasteiger partial charge in [0, 0.05) is 16.6 Å². The molecule has 0 aromatic carbocycles. The van der Waals surface area contributed by atoms with E-state index in [1.54, 1.807) is 12.5 Å². The van der Waals surface area contributed by atoms with Gasteiger partial charge in [0.1, 0.15) is 0 Å². The van der Waals surface area contributed by atoms with E-state index in [4.69, 9.17) is 18.6 Å². The number of esters is 1. The fourth-order valence-electron chi connectivity index (χ4n) is 6.09. The van der Waals surface area contributed by atoms with Gasteiger partial charge < -0.3 is 23.7 Å². The number of furan rings is 1. The Morgan fingerprint density at radius 2 is 2.22 bits per heavy atom. The van der Waals surface area contributed by atoms with Crippen LogP contribution in [0, 0.1) is 16.7 Å². The van der Waals surface area contributed by atoms with E-state index in [0.717, 1.165) is 30.4 Å². The molecule has 3 fully saturated rings. The molecule has 27 heavy (non-hydrogen) atoms. The summed E-state index contributed by atoms with van der Waals surface area (Å²) in [7, 11) is 1.38. The second kappa shape index (κ2) is 5.80. The van der Waals surface area contributed by atoms with Crippen molar-refractivity contribution in [3.05, 3.63) is 48.0 Å². The van der Waals surface area contributed by atoms with Crippen molar-refractivity contribution in [3.8, 4) is 0 Å². The summed E-state index contributed by atoms with van der Waals surface area (Å²) >= 11 is 0. The summed E-state index contributed by atoms with van der Waals surface area (Å²) in [6, 6.07) is 1.90. The van der Waals surface area contributed by atoms with Crippen molar-refractivity contribution < 1.29 is 28.5 Å². The summed E-state index contributed by atoms with van der Waals surface area (Å²) in [6.45, 7) is 4.39. The molecule has 0 unspecified atom stereocenters. The number of allylic oxidation sites excluding steroid dienone is 1. The number of ether oxygens (including phenoxy) is 3. The smallest absolute Gasteiger partial charge is 0.334 e. The van der Waals surface area contributed by atoms with Crippen LogP contribution in [-0.4, -0.2) is 30.8 Å². The molecule has 1 spiro atoms. The van der Waals surface area contributed by atoms with Crippen molar-refractivity contribution in [2.24, 2.45) is 16.7 Å². The lowest BCUT2D eigenvalue weighted by Gasteiger charge is -2.62. The summed E-state index contributed by atoms with van der Waals surface area (Å²) in [5.41, 5.74) is 1.41. The van der Waals surface area contributed by atoms with Gasteiger partial charge >= 0.3 is 5.97 Å². The third-order valence-corrected chi connectivity index (χ3v) is 7.29. The first-order chi connectivity index (χ1) is 13.0. The SMILES string of the molecule is C=C1CC[C@]23C(C(=O)OC)=CCC[C@H]2[C@]12C[C@H](c1ccoc1)O[C@H]2O[C@H]3O. The van der Waals surface area contributed by atoms with Gasteiger partial charge in [0.15, 0.2) is 12.6 Å². The highest BCUT2D eigenvalue weighted by atomic mass is 16.7. The Labute approximate surface area is 157 Å². The van der Waals surface area contributed by atoms with E-state index in [1.807, 2.05) is 12.1 Å². The fraction of sp³-hybridized carbons (Fsp3) is 0.571. The minimum Gasteiger partial charge on any atom is -0.472 e. The van der Waals surface area contributed by atoms with Crippen LogP contribution in [0.25, 0.3) is 0 Å². The van der Waals surface area contributed by atoms with Crippen LogP contribution in [0.3, 0.4) is 0 Å². The standard InChI is InChI=1S/C21H24O6/c1-12-6-8-20-14(17(22)24-2)4-3-5-16(20)21(12)10-15(13-7-9-25-11-13)26-19(21)27-18(20)23/h4,7,9,11,15-16,18-19,23H,1,3,5-6,8,10H2,2H3/t15-,16-,18-,19+,20+,21+/m1/s1. The van der Waals surface area contributed by atoms with Gasteiger partial charge in [0.2, 0.25) is 0 Å². The second-order valence-electron chi connectivity index (χ2n) is 8.13. The molecule has 144 valence electrons. The van der Waals surface area contributed by atoms with Gasteiger partial charge in [-0.25, -0.2) is 4.79 Å². The van der Waals surface area contributed by atoms with Crippen LogP contribution in [0.2, 0.25) is 0 Å². The monoisotopic (exact) mass is 372 g/mol. The molecule has 4 aliphatic rings. The number of aliphatic hydroxyl groups excluding tert-OH is 1. The number of carbonyl (C=O) groups excluding carboxylic acids is 1. The zero-order valence-electron chi connectivity index (χ0n) is 15.3. The van der Waals surface area contributed by atoms with Gasteiger partial charge in [-0.2, -0.15) is 0 Å². The summed E-state index contributed by atoms with van der Waals surface area (Å²) in [5, 5.41) is 11.1. The van der Waals surface area contributed by atoms with Crippen molar-refractivity contribution in [1.82, 2.24) is 0 Å². The molecule has 1 N–H and O–H groups in total. The summed E-state index contributed by atoms with van der Waals surface area (Å²) < 4.78 is 22.6. The molecule has 2 bridgehead atoms. The molecular formula is C21H24O6. The Morgan fingerprint density at radius 1 is 1.37 bits per heavy atom. The van der Waals surface area contributed by atoms with E-state index in [9.17, 15) is 9.90 Å². The molecule has 5 rings (SSSR count). The highest BCUT2D eigenvalue weighted by Crippen LogP contribution is 2.71. The molecule has 1 saturated carbocycles. The molecule has 6 atom stereocenters. The molecule has 0 radical (unpaired) electrons. The molecular weight excluding hydrogens is 348 g/mol. The topological polar surface area (TPSA) is 78.1 Å². The van der Waals surface area contributed by atoms with Crippen LogP contribution in [0.15, 0.2) is 46.8 Å². The van der Waals surface area contributed by atoms with Crippen molar-refractivity contribution in [2.75, 3.05) is 7.11 Å². The number of methoxy groups -OCH3 is 1. The first kappa shape index (κ1) is 17.2. The number of carbonyl (C=O) groups is 1. The van der Waals surface area contributed by atoms with E-state index in [1.165, 1.54) is 7.11 Å². The molecule has 1 aromatic rings. The highest BCUT2D eigenvalue weighted by molar-refractivity contribution is 5.90. The Hall–Kier alpha value is -1.89. The third kappa shape index (κ3) is 2.03. The van der Waals surface area contributed by atoms with Gasteiger partial charge in [-0.1, -0.05) is 18.2 Å². The molecule has 2 aliphatic carbocycles. The average Bonchev–Trinajstić information content (AvgIpc) is 3.33. The van der Waals surface area contributed by atoms with E-state index in [0.29, 0.717) is 18.4 Å². The first-order valence-corrected chi connectivity index (χ1v) is 9.52. The van der Waals surface area contributed by atoms with Gasteiger partial charge in [0.25, 0.3) is 0 Å². The van der Waals surface area contributed by atoms with Crippen molar-refractivity contribution in [1.29, 1.82) is 0 Å². The number of hydrogen-bond acceptors (Lipinski definition) is 6. The van der Waals surface area contributed by atoms with Gasteiger partial charge in [-0.15, -0.1) is 0 Å². The Bertz CT molecular complexity index is 811. The van der Waals surface area contributed by atoms with E-state index < -0.39 is 23.4 Å². The Kier molecular flexibility index (Phi) is 3.70. The van der Waals surface area contributed by atoms with Gasteiger partial charge in [-0.05, 0) is 44.1 Å². The Balaban J connectivity index is 1.63. The quantitative estimate of drug-likeness (QED) is 0.634. The van der Waals surface area contributed by atoms with Crippen LogP contribution in [0.1, 0.15) is 43.8 Å². The maximum atomic E-state index is 12.6. The molecule has 6 heteroatoms. The second-order valence-corrected chi connectivity index (χ2v) is 8.13. The summed E-state index contributed by atoms with van der Waals surface area (Å²) in [5.74, 6) is -0.357. The predicted octanol–water partition coefficient (Wildman–Crippen LogP) is 3.25. The molecule has 2 saturated heterocycles. The minimum absolute atomic E-state index is 0.0241. The lowest BCUT2D eigenvalue weighted by Crippen LogP contribution is -2.65. The van der Waals surface area contributed by atoms with E-state index in [2.05, 4.69) is 6.58 Å². The Morgan fingerprint density at radius 3 is 2.96 bits per heavy atom. The zero-order valence-corrected chi connectivity index (χ0v) is 15.3. The normalized spacial score (nSPS) is 42.9. The number of aliphatic hydroxyl groups is 1. The lowest BCUT2D eigenvalue weighted by atomic mass is 9.45. The molecule has 6 nitrogen and oxygen atoms in total. The molecule has 1 aromatic heterocycles. The van der Waals surface area contributed by atoms with Crippen LogP contribution in [0.5, 0.6) is 0 Å². The number of rotatable bonds is 2. The maximum Gasteiger partial charge on any atom is 0.334 e. The largest absolute Gasteiger partial charge is 0.472 e. The van der Waals surface area contributed by atoms with Crippen LogP contribution in [-0.2, 0) is 19.0 Å². The fourth-order valence-corrected chi connectivity index (χ4v) is 6.09.